The summed E-state index contributed by atoms with van der Waals surface area (Å²) in [5.41, 5.74) is 3.44. The fraction of sp³-hybridized carbons (Fsp3) is 0.111. The second-order valence-corrected chi connectivity index (χ2v) is 6.96. The third-order valence-corrected chi connectivity index (χ3v) is 5.28. The van der Waals surface area contributed by atoms with Crippen molar-refractivity contribution in [2.75, 3.05) is 0 Å². The van der Waals surface area contributed by atoms with E-state index in [2.05, 4.69) is 19.9 Å². The molecule has 25 heavy (non-hydrogen) atoms. The number of nitrogens with zero attached hydrogens (tertiary/aromatic N) is 4. The summed E-state index contributed by atoms with van der Waals surface area (Å²) in [5.74, 6) is 0.736. The minimum Gasteiger partial charge on any atom is -0.340 e. The molecule has 0 aliphatic heterocycles. The van der Waals surface area contributed by atoms with Crippen LogP contribution in [0.1, 0.15) is 11.5 Å². The third kappa shape index (κ3) is 2.24. The van der Waals surface area contributed by atoms with E-state index >= 15 is 0 Å². The fourth-order valence-electron chi connectivity index (χ4n) is 3.00. The first-order valence-corrected chi connectivity index (χ1v) is 8.69. The average molecular weight is 347 g/mol. The number of rotatable bonds is 2. The average Bonchev–Trinajstić information content (AvgIpc) is 3.17. The molecule has 5 aromatic rings. The Hall–Kier alpha value is -3.06. The predicted octanol–water partition coefficient (Wildman–Crippen LogP) is 3.24. The number of hydrogen-bond donors (Lipinski definition) is 1. The largest absolute Gasteiger partial charge is 0.340 e. The van der Waals surface area contributed by atoms with Crippen LogP contribution in [0, 0.1) is 6.92 Å². The van der Waals surface area contributed by atoms with E-state index in [0.29, 0.717) is 11.2 Å². The van der Waals surface area contributed by atoms with Crippen LogP contribution in [0.15, 0.2) is 47.5 Å². The summed E-state index contributed by atoms with van der Waals surface area (Å²) in [4.78, 5) is 30.5. The second-order valence-electron chi connectivity index (χ2n) is 5.96. The van der Waals surface area contributed by atoms with E-state index in [0.717, 1.165) is 38.3 Å². The first kappa shape index (κ1) is 14.3. The Bertz CT molecular complexity index is 1280. The van der Waals surface area contributed by atoms with Gasteiger partial charge in [-0.3, -0.25) is 9.36 Å². The van der Waals surface area contributed by atoms with Crippen molar-refractivity contribution in [1.29, 1.82) is 0 Å². The van der Waals surface area contributed by atoms with Gasteiger partial charge in [-0.2, -0.15) is 0 Å². The lowest BCUT2D eigenvalue weighted by Gasteiger charge is -2.02. The van der Waals surface area contributed by atoms with Crippen molar-refractivity contribution in [3.63, 3.8) is 0 Å². The molecule has 0 aliphatic carbocycles. The van der Waals surface area contributed by atoms with E-state index in [-0.39, 0.29) is 5.56 Å². The summed E-state index contributed by atoms with van der Waals surface area (Å²) in [5, 5.41) is 0.929. The molecule has 0 saturated heterocycles. The van der Waals surface area contributed by atoms with Crippen LogP contribution in [0.2, 0.25) is 0 Å². The number of H-pyrrole nitrogens is 1. The first-order chi connectivity index (χ1) is 12.2. The maximum atomic E-state index is 12.9. The zero-order valence-corrected chi connectivity index (χ0v) is 14.2. The highest BCUT2D eigenvalue weighted by molar-refractivity contribution is 7.25. The maximum absolute atomic E-state index is 12.9. The smallest absolute Gasteiger partial charge is 0.271 e. The van der Waals surface area contributed by atoms with Gasteiger partial charge in [0.25, 0.3) is 5.56 Å². The minimum atomic E-state index is -0.0638. The molecule has 122 valence electrons. The monoisotopic (exact) mass is 347 g/mol. The molecule has 0 spiro atoms. The molecular formula is C18H13N5OS. The standard InChI is InChI=1S/C18H13N5OS/c1-10-6-7-11-15-16(25-17(11)20-10)18(24)23(9-19-15)8-14-21-12-4-2-3-5-13(12)22-14/h2-7,9H,8H2,1H3,(H,21,22). The fourth-order valence-corrected chi connectivity index (χ4v) is 4.12. The summed E-state index contributed by atoms with van der Waals surface area (Å²) in [6.07, 6.45) is 1.59. The Morgan fingerprint density at radius 1 is 1.16 bits per heavy atom. The van der Waals surface area contributed by atoms with E-state index in [9.17, 15) is 4.79 Å². The number of pyridine rings is 1. The Morgan fingerprint density at radius 2 is 2.04 bits per heavy atom. The van der Waals surface area contributed by atoms with Gasteiger partial charge in [-0.1, -0.05) is 12.1 Å². The SMILES string of the molecule is Cc1ccc2c(n1)sc1c(=O)n(Cc3nc4ccccc4[nH]3)cnc12. The van der Waals surface area contributed by atoms with Gasteiger partial charge in [-0.05, 0) is 31.2 Å². The lowest BCUT2D eigenvalue weighted by Crippen LogP contribution is -2.20. The molecule has 0 aliphatic rings. The molecule has 0 bridgehead atoms. The van der Waals surface area contributed by atoms with Gasteiger partial charge < -0.3 is 4.98 Å². The van der Waals surface area contributed by atoms with Gasteiger partial charge in [-0.15, -0.1) is 11.3 Å². The Labute approximate surface area is 145 Å². The number of benzene rings is 1. The van der Waals surface area contributed by atoms with Gasteiger partial charge in [0.2, 0.25) is 0 Å². The normalized spacial score (nSPS) is 11.7. The summed E-state index contributed by atoms with van der Waals surface area (Å²) in [7, 11) is 0. The van der Waals surface area contributed by atoms with Crippen LogP contribution >= 0.6 is 11.3 Å². The molecule has 0 fully saturated rings. The van der Waals surface area contributed by atoms with Gasteiger partial charge in [0.05, 0.1) is 29.4 Å². The van der Waals surface area contributed by atoms with E-state index in [4.69, 9.17) is 0 Å². The van der Waals surface area contributed by atoms with Gasteiger partial charge in [0.15, 0.2) is 0 Å². The molecule has 1 N–H and O–H groups in total. The summed E-state index contributed by atoms with van der Waals surface area (Å²) < 4.78 is 2.22. The maximum Gasteiger partial charge on any atom is 0.271 e. The molecule has 6 nitrogen and oxygen atoms in total. The van der Waals surface area contributed by atoms with Crippen LogP contribution in [-0.2, 0) is 6.54 Å². The zero-order valence-electron chi connectivity index (χ0n) is 13.4. The molecule has 0 unspecified atom stereocenters. The van der Waals surface area contributed by atoms with Crippen LogP contribution in [0.5, 0.6) is 0 Å². The molecule has 0 atom stereocenters. The van der Waals surface area contributed by atoms with Crippen molar-refractivity contribution in [1.82, 2.24) is 24.5 Å². The summed E-state index contributed by atoms with van der Waals surface area (Å²) in [6.45, 7) is 2.30. The van der Waals surface area contributed by atoms with Crippen molar-refractivity contribution >= 4 is 42.8 Å². The highest BCUT2D eigenvalue weighted by atomic mass is 32.1. The van der Waals surface area contributed by atoms with Gasteiger partial charge >= 0.3 is 0 Å². The highest BCUT2D eigenvalue weighted by Crippen LogP contribution is 2.28. The zero-order chi connectivity index (χ0) is 17.0. The van der Waals surface area contributed by atoms with Crippen molar-refractivity contribution in [2.45, 2.75) is 13.5 Å². The number of aryl methyl sites for hydroxylation is 1. The second kappa shape index (κ2) is 5.22. The molecular weight excluding hydrogens is 334 g/mol. The molecule has 1 aromatic carbocycles. The number of nitrogens with one attached hydrogen (secondary N) is 1. The van der Waals surface area contributed by atoms with E-state index in [1.165, 1.54) is 11.3 Å². The Balaban J connectivity index is 1.65. The number of para-hydroxylation sites is 2. The molecule has 0 amide bonds. The van der Waals surface area contributed by atoms with Crippen LogP contribution in [-0.4, -0.2) is 24.5 Å². The Morgan fingerprint density at radius 3 is 2.92 bits per heavy atom. The van der Waals surface area contributed by atoms with E-state index < -0.39 is 0 Å². The van der Waals surface area contributed by atoms with Gasteiger partial charge in [0.1, 0.15) is 15.4 Å². The van der Waals surface area contributed by atoms with E-state index in [1.54, 1.807) is 10.9 Å². The van der Waals surface area contributed by atoms with E-state index in [1.807, 2.05) is 43.3 Å². The molecule has 4 heterocycles. The van der Waals surface area contributed by atoms with Crippen LogP contribution in [0.4, 0.5) is 0 Å². The Kier molecular flexibility index (Phi) is 2.98. The number of aromatic nitrogens is 5. The summed E-state index contributed by atoms with van der Waals surface area (Å²) in [6, 6.07) is 11.7. The van der Waals surface area contributed by atoms with Crippen molar-refractivity contribution < 1.29 is 0 Å². The number of thiophene rings is 1. The number of aromatic amines is 1. The highest BCUT2D eigenvalue weighted by Gasteiger charge is 2.13. The molecule has 5 rings (SSSR count). The van der Waals surface area contributed by atoms with Gasteiger partial charge in [0, 0.05) is 11.1 Å². The van der Waals surface area contributed by atoms with Crippen LogP contribution in [0.25, 0.3) is 31.5 Å². The molecule has 0 saturated carbocycles. The number of hydrogen-bond acceptors (Lipinski definition) is 5. The molecule has 4 aromatic heterocycles. The lowest BCUT2D eigenvalue weighted by atomic mass is 10.3. The van der Waals surface area contributed by atoms with Crippen molar-refractivity contribution in [3.05, 3.63) is 64.6 Å². The summed E-state index contributed by atoms with van der Waals surface area (Å²) >= 11 is 1.39. The topological polar surface area (TPSA) is 76.5 Å². The van der Waals surface area contributed by atoms with Crippen molar-refractivity contribution in [3.8, 4) is 0 Å². The molecule has 7 heteroatoms. The quantitative estimate of drug-likeness (QED) is 0.532. The lowest BCUT2D eigenvalue weighted by molar-refractivity contribution is 0.719. The molecule has 0 radical (unpaired) electrons. The number of fused-ring (bicyclic) bond motifs is 4. The first-order valence-electron chi connectivity index (χ1n) is 7.88. The van der Waals surface area contributed by atoms with Crippen LogP contribution in [0.3, 0.4) is 0 Å². The predicted molar refractivity (Wildman–Crippen MR) is 99.1 cm³/mol. The van der Waals surface area contributed by atoms with Crippen molar-refractivity contribution in [2.24, 2.45) is 0 Å². The minimum absolute atomic E-state index is 0.0638. The van der Waals surface area contributed by atoms with Gasteiger partial charge in [-0.25, -0.2) is 15.0 Å². The van der Waals surface area contributed by atoms with Crippen LogP contribution < -0.4 is 5.56 Å². The third-order valence-electron chi connectivity index (χ3n) is 4.21. The number of imidazole rings is 1.